The molecular weight excluding hydrogens is 258 g/mol. The molecule has 3 heteroatoms. The van der Waals surface area contributed by atoms with Crippen molar-refractivity contribution in [1.82, 2.24) is 15.1 Å². The van der Waals surface area contributed by atoms with Crippen molar-refractivity contribution < 1.29 is 0 Å². The summed E-state index contributed by atoms with van der Waals surface area (Å²) in [7, 11) is 2.03. The molecule has 0 bridgehead atoms. The number of aromatic nitrogens is 2. The zero-order valence-electron chi connectivity index (χ0n) is 13.7. The standard InChI is InChI=1S/C18H27N3/c1-5-21-18(10-15(3)20-21)12-17(13-19-4)11-16-8-6-14(2)7-9-16/h6-10,17,19H,5,11-13H2,1-4H3. The van der Waals surface area contributed by atoms with Gasteiger partial charge in [-0.05, 0) is 64.8 Å². The van der Waals surface area contributed by atoms with Gasteiger partial charge in [0.05, 0.1) is 5.69 Å². The Morgan fingerprint density at radius 3 is 2.48 bits per heavy atom. The summed E-state index contributed by atoms with van der Waals surface area (Å²) in [6.45, 7) is 8.34. The SMILES string of the molecule is CCn1nc(C)cc1CC(CNC)Cc1ccc(C)cc1. The number of nitrogens with zero attached hydrogens (tertiary/aromatic N) is 2. The number of hydrogen-bond donors (Lipinski definition) is 1. The molecule has 0 aliphatic carbocycles. The van der Waals surface area contributed by atoms with Crippen molar-refractivity contribution in [1.29, 1.82) is 0 Å². The van der Waals surface area contributed by atoms with Crippen LogP contribution in [0.2, 0.25) is 0 Å². The van der Waals surface area contributed by atoms with Gasteiger partial charge in [0, 0.05) is 12.2 Å². The smallest absolute Gasteiger partial charge is 0.0596 e. The van der Waals surface area contributed by atoms with Crippen molar-refractivity contribution >= 4 is 0 Å². The molecule has 0 fully saturated rings. The lowest BCUT2D eigenvalue weighted by Gasteiger charge is -2.17. The average molecular weight is 285 g/mol. The van der Waals surface area contributed by atoms with E-state index >= 15 is 0 Å². The molecular formula is C18H27N3. The number of hydrogen-bond acceptors (Lipinski definition) is 2. The van der Waals surface area contributed by atoms with Crippen LogP contribution in [0.3, 0.4) is 0 Å². The molecule has 0 saturated carbocycles. The Kier molecular flexibility index (Phi) is 5.57. The van der Waals surface area contributed by atoms with Crippen LogP contribution in [0.25, 0.3) is 0 Å². The first-order chi connectivity index (χ1) is 10.1. The fourth-order valence-corrected chi connectivity index (χ4v) is 2.90. The van der Waals surface area contributed by atoms with Gasteiger partial charge in [-0.3, -0.25) is 4.68 Å². The highest BCUT2D eigenvalue weighted by atomic mass is 15.3. The minimum Gasteiger partial charge on any atom is -0.319 e. The normalized spacial score (nSPS) is 12.6. The summed E-state index contributed by atoms with van der Waals surface area (Å²) < 4.78 is 2.13. The van der Waals surface area contributed by atoms with E-state index in [9.17, 15) is 0 Å². The molecule has 0 saturated heterocycles. The van der Waals surface area contributed by atoms with Crippen molar-refractivity contribution in [3.8, 4) is 0 Å². The Hall–Kier alpha value is -1.61. The summed E-state index contributed by atoms with van der Waals surface area (Å²) in [5.41, 5.74) is 5.21. The predicted octanol–water partition coefficient (Wildman–Crippen LogP) is 3.14. The molecule has 1 N–H and O–H groups in total. The molecule has 1 aromatic carbocycles. The second-order valence-electron chi connectivity index (χ2n) is 5.91. The van der Waals surface area contributed by atoms with E-state index in [1.54, 1.807) is 0 Å². The van der Waals surface area contributed by atoms with Gasteiger partial charge >= 0.3 is 0 Å². The van der Waals surface area contributed by atoms with Crippen molar-refractivity contribution in [2.24, 2.45) is 5.92 Å². The quantitative estimate of drug-likeness (QED) is 0.847. The maximum atomic E-state index is 4.56. The van der Waals surface area contributed by atoms with Crippen LogP contribution in [0.1, 0.15) is 29.4 Å². The summed E-state index contributed by atoms with van der Waals surface area (Å²) in [6, 6.07) is 11.1. The molecule has 1 heterocycles. The Balaban J connectivity index is 2.09. The van der Waals surface area contributed by atoms with E-state index in [-0.39, 0.29) is 0 Å². The molecule has 0 amide bonds. The lowest BCUT2D eigenvalue weighted by Crippen LogP contribution is -2.24. The summed E-state index contributed by atoms with van der Waals surface area (Å²) in [5.74, 6) is 0.596. The van der Waals surface area contributed by atoms with E-state index in [4.69, 9.17) is 0 Å². The first-order valence-corrected chi connectivity index (χ1v) is 7.85. The summed E-state index contributed by atoms with van der Waals surface area (Å²) in [6.07, 6.45) is 2.18. The number of benzene rings is 1. The van der Waals surface area contributed by atoms with Gasteiger partial charge in [0.2, 0.25) is 0 Å². The van der Waals surface area contributed by atoms with Gasteiger partial charge in [-0.1, -0.05) is 29.8 Å². The third kappa shape index (κ3) is 4.43. The molecule has 0 aliphatic heterocycles. The van der Waals surface area contributed by atoms with E-state index in [1.165, 1.54) is 16.8 Å². The van der Waals surface area contributed by atoms with Crippen molar-refractivity contribution in [3.63, 3.8) is 0 Å². The highest BCUT2D eigenvalue weighted by Gasteiger charge is 2.13. The average Bonchev–Trinajstić information content (AvgIpc) is 2.81. The Morgan fingerprint density at radius 2 is 1.86 bits per heavy atom. The molecule has 2 rings (SSSR count). The lowest BCUT2D eigenvalue weighted by atomic mass is 9.94. The van der Waals surface area contributed by atoms with E-state index < -0.39 is 0 Å². The van der Waals surface area contributed by atoms with Gasteiger partial charge in [-0.15, -0.1) is 0 Å². The van der Waals surface area contributed by atoms with Crippen molar-refractivity contribution in [2.45, 2.75) is 40.2 Å². The van der Waals surface area contributed by atoms with Crippen LogP contribution in [0.4, 0.5) is 0 Å². The summed E-state index contributed by atoms with van der Waals surface area (Å²) >= 11 is 0. The molecule has 2 aromatic rings. The second kappa shape index (κ2) is 7.41. The molecule has 0 spiro atoms. The summed E-state index contributed by atoms with van der Waals surface area (Å²) in [4.78, 5) is 0. The lowest BCUT2D eigenvalue weighted by molar-refractivity contribution is 0.470. The molecule has 1 atom stereocenters. The van der Waals surface area contributed by atoms with E-state index in [2.05, 4.69) is 66.2 Å². The molecule has 114 valence electrons. The Labute approximate surface area is 128 Å². The van der Waals surface area contributed by atoms with Crippen LogP contribution in [-0.2, 0) is 19.4 Å². The van der Waals surface area contributed by atoms with Crippen LogP contribution in [-0.4, -0.2) is 23.4 Å². The van der Waals surface area contributed by atoms with Gasteiger partial charge in [-0.2, -0.15) is 5.10 Å². The van der Waals surface area contributed by atoms with E-state index in [0.717, 1.165) is 31.6 Å². The minimum absolute atomic E-state index is 0.596. The fourth-order valence-electron chi connectivity index (χ4n) is 2.90. The third-order valence-electron chi connectivity index (χ3n) is 3.92. The van der Waals surface area contributed by atoms with Crippen LogP contribution < -0.4 is 5.32 Å². The van der Waals surface area contributed by atoms with Crippen molar-refractivity contribution in [2.75, 3.05) is 13.6 Å². The molecule has 21 heavy (non-hydrogen) atoms. The highest BCUT2D eigenvalue weighted by molar-refractivity contribution is 5.22. The van der Waals surface area contributed by atoms with E-state index in [0.29, 0.717) is 5.92 Å². The fraction of sp³-hybridized carbons (Fsp3) is 0.500. The maximum Gasteiger partial charge on any atom is 0.0596 e. The first-order valence-electron chi connectivity index (χ1n) is 7.85. The van der Waals surface area contributed by atoms with Gasteiger partial charge in [-0.25, -0.2) is 0 Å². The van der Waals surface area contributed by atoms with Gasteiger partial charge in [0.15, 0.2) is 0 Å². The van der Waals surface area contributed by atoms with Gasteiger partial charge < -0.3 is 5.32 Å². The van der Waals surface area contributed by atoms with Crippen LogP contribution >= 0.6 is 0 Å². The highest BCUT2D eigenvalue weighted by Crippen LogP contribution is 2.16. The maximum absolute atomic E-state index is 4.56. The second-order valence-corrected chi connectivity index (χ2v) is 5.91. The van der Waals surface area contributed by atoms with Crippen LogP contribution in [0.15, 0.2) is 30.3 Å². The largest absolute Gasteiger partial charge is 0.319 e. The molecule has 1 unspecified atom stereocenters. The zero-order valence-corrected chi connectivity index (χ0v) is 13.7. The summed E-state index contributed by atoms with van der Waals surface area (Å²) in [5, 5.41) is 7.89. The van der Waals surface area contributed by atoms with Gasteiger partial charge in [0.1, 0.15) is 0 Å². The van der Waals surface area contributed by atoms with E-state index in [1.807, 2.05) is 7.05 Å². The monoisotopic (exact) mass is 285 g/mol. The number of nitrogens with one attached hydrogen (secondary N) is 1. The Bertz CT molecular complexity index is 554. The first kappa shape index (κ1) is 15.8. The molecule has 1 aromatic heterocycles. The van der Waals surface area contributed by atoms with Gasteiger partial charge in [0.25, 0.3) is 0 Å². The van der Waals surface area contributed by atoms with Crippen LogP contribution in [0, 0.1) is 19.8 Å². The predicted molar refractivity (Wildman–Crippen MR) is 88.6 cm³/mol. The molecule has 0 aliphatic rings. The zero-order chi connectivity index (χ0) is 15.2. The molecule has 3 nitrogen and oxygen atoms in total. The minimum atomic E-state index is 0.596. The number of aryl methyl sites for hydroxylation is 3. The molecule has 0 radical (unpaired) electrons. The Morgan fingerprint density at radius 1 is 1.14 bits per heavy atom. The van der Waals surface area contributed by atoms with Crippen LogP contribution in [0.5, 0.6) is 0 Å². The number of rotatable bonds is 7. The van der Waals surface area contributed by atoms with Crippen molar-refractivity contribution in [3.05, 3.63) is 52.8 Å². The third-order valence-corrected chi connectivity index (χ3v) is 3.92. The topological polar surface area (TPSA) is 29.9 Å².